The number of thioether (sulfide) groups is 1. The van der Waals surface area contributed by atoms with Crippen LogP contribution in [0.5, 0.6) is 0 Å². The zero-order valence-corrected chi connectivity index (χ0v) is 15.1. The van der Waals surface area contributed by atoms with E-state index in [0.29, 0.717) is 9.93 Å². The summed E-state index contributed by atoms with van der Waals surface area (Å²) in [7, 11) is 0. The van der Waals surface area contributed by atoms with Gasteiger partial charge in [-0.05, 0) is 42.0 Å². The van der Waals surface area contributed by atoms with Gasteiger partial charge in [0, 0.05) is 24.0 Å². The second-order valence-electron chi connectivity index (χ2n) is 5.49. The Labute approximate surface area is 150 Å². The fourth-order valence-corrected chi connectivity index (χ4v) is 3.04. The molecular weight excluding hydrogens is 348 g/mol. The number of benzene rings is 1. The smallest absolute Gasteiger partial charge is 0.293 e. The number of rotatable bonds is 6. The molecule has 1 heterocycles. The van der Waals surface area contributed by atoms with E-state index < -0.39 is 0 Å². The number of hydrogen-bond acceptors (Lipinski definition) is 4. The number of amides is 3. The van der Waals surface area contributed by atoms with Gasteiger partial charge >= 0.3 is 0 Å². The quantitative estimate of drug-likeness (QED) is 0.782. The molecule has 0 aliphatic carbocycles. The van der Waals surface area contributed by atoms with E-state index in [9.17, 15) is 14.4 Å². The van der Waals surface area contributed by atoms with Crippen molar-refractivity contribution in [2.24, 2.45) is 5.92 Å². The molecule has 0 saturated carbocycles. The van der Waals surface area contributed by atoms with Crippen LogP contribution in [-0.2, 0) is 9.59 Å². The highest BCUT2D eigenvalue weighted by molar-refractivity contribution is 8.18. The summed E-state index contributed by atoms with van der Waals surface area (Å²) in [6.45, 7) is 4.20. The second kappa shape index (κ2) is 8.35. The number of nitrogens with zero attached hydrogens (tertiary/aromatic N) is 1. The molecular formula is C17H19ClN2O3S. The molecule has 24 heavy (non-hydrogen) atoms. The van der Waals surface area contributed by atoms with E-state index >= 15 is 0 Å². The molecule has 3 amide bonds. The number of imide groups is 1. The maximum absolute atomic E-state index is 12.3. The first-order chi connectivity index (χ1) is 11.4. The third-order valence-electron chi connectivity index (χ3n) is 3.74. The highest BCUT2D eigenvalue weighted by Crippen LogP contribution is 2.32. The Morgan fingerprint density at radius 3 is 2.62 bits per heavy atom. The van der Waals surface area contributed by atoms with Crippen molar-refractivity contribution in [1.29, 1.82) is 0 Å². The van der Waals surface area contributed by atoms with Crippen LogP contribution in [0.25, 0.3) is 6.08 Å². The first-order valence-electron chi connectivity index (χ1n) is 7.71. The molecule has 5 nitrogen and oxygen atoms in total. The van der Waals surface area contributed by atoms with Crippen molar-refractivity contribution >= 4 is 46.5 Å². The van der Waals surface area contributed by atoms with Crippen molar-refractivity contribution in [3.8, 4) is 0 Å². The van der Waals surface area contributed by atoms with Gasteiger partial charge in [-0.3, -0.25) is 19.3 Å². The molecule has 1 N–H and O–H groups in total. The van der Waals surface area contributed by atoms with Crippen LogP contribution in [0.2, 0.25) is 5.02 Å². The van der Waals surface area contributed by atoms with Gasteiger partial charge in [0.2, 0.25) is 5.91 Å². The maximum Gasteiger partial charge on any atom is 0.293 e. The van der Waals surface area contributed by atoms with E-state index in [1.165, 1.54) is 0 Å². The van der Waals surface area contributed by atoms with Crippen LogP contribution in [0, 0.1) is 5.92 Å². The molecule has 1 aromatic carbocycles. The average Bonchev–Trinajstić information content (AvgIpc) is 2.83. The van der Waals surface area contributed by atoms with Crippen molar-refractivity contribution in [2.75, 3.05) is 13.1 Å². The minimum absolute atomic E-state index is 0.0684. The third-order valence-corrected chi connectivity index (χ3v) is 4.90. The Morgan fingerprint density at radius 1 is 1.33 bits per heavy atom. The molecule has 0 radical (unpaired) electrons. The van der Waals surface area contributed by atoms with Crippen LogP contribution in [0.1, 0.15) is 25.8 Å². The van der Waals surface area contributed by atoms with E-state index in [2.05, 4.69) is 5.32 Å². The lowest BCUT2D eigenvalue weighted by molar-refractivity contribution is -0.126. The fourth-order valence-electron chi connectivity index (χ4n) is 2.05. The van der Waals surface area contributed by atoms with E-state index in [-0.39, 0.29) is 36.1 Å². The molecule has 1 aliphatic rings. The zero-order valence-electron chi connectivity index (χ0n) is 13.5. The van der Waals surface area contributed by atoms with E-state index in [4.69, 9.17) is 11.6 Å². The van der Waals surface area contributed by atoms with Gasteiger partial charge in [-0.2, -0.15) is 0 Å². The van der Waals surface area contributed by atoms with E-state index in [1.807, 2.05) is 13.8 Å². The summed E-state index contributed by atoms with van der Waals surface area (Å²) in [5, 5.41) is 3.03. The standard InChI is InChI=1S/C17H19ClN2O3S/c1-3-11(2)15(21)19-8-9-20-16(22)14(24-17(20)23)10-12-4-6-13(18)7-5-12/h4-7,10-11H,3,8-9H2,1-2H3,(H,19,21)/b14-10+. The molecule has 1 unspecified atom stereocenters. The predicted octanol–water partition coefficient (Wildman–Crippen LogP) is 3.54. The predicted molar refractivity (Wildman–Crippen MR) is 96.6 cm³/mol. The molecule has 1 fully saturated rings. The summed E-state index contributed by atoms with van der Waals surface area (Å²) in [6.07, 6.45) is 2.41. The van der Waals surface area contributed by atoms with Gasteiger partial charge in [-0.15, -0.1) is 0 Å². The molecule has 1 aromatic rings. The fraction of sp³-hybridized carbons (Fsp3) is 0.353. The molecule has 0 bridgehead atoms. The van der Waals surface area contributed by atoms with Crippen molar-refractivity contribution in [2.45, 2.75) is 20.3 Å². The first-order valence-corrected chi connectivity index (χ1v) is 8.90. The van der Waals surface area contributed by atoms with Crippen LogP contribution >= 0.6 is 23.4 Å². The van der Waals surface area contributed by atoms with Crippen molar-refractivity contribution in [1.82, 2.24) is 10.2 Å². The summed E-state index contributed by atoms with van der Waals surface area (Å²) < 4.78 is 0. The molecule has 0 aromatic heterocycles. The Bertz CT molecular complexity index is 673. The van der Waals surface area contributed by atoms with Gasteiger partial charge in [0.25, 0.3) is 11.1 Å². The molecule has 128 valence electrons. The van der Waals surface area contributed by atoms with Crippen LogP contribution in [-0.4, -0.2) is 35.0 Å². The number of nitrogens with one attached hydrogen (secondary N) is 1. The Balaban J connectivity index is 1.96. The number of carbonyl (C=O) groups is 3. The monoisotopic (exact) mass is 366 g/mol. The lowest BCUT2D eigenvalue weighted by Crippen LogP contribution is -2.38. The number of halogens is 1. The number of hydrogen-bond donors (Lipinski definition) is 1. The van der Waals surface area contributed by atoms with Gasteiger partial charge in [-0.25, -0.2) is 0 Å². The van der Waals surface area contributed by atoms with Gasteiger partial charge in [0.15, 0.2) is 0 Å². The molecule has 0 spiro atoms. The lowest BCUT2D eigenvalue weighted by atomic mass is 10.1. The van der Waals surface area contributed by atoms with Crippen molar-refractivity contribution in [3.63, 3.8) is 0 Å². The minimum Gasteiger partial charge on any atom is -0.354 e. The molecule has 7 heteroatoms. The lowest BCUT2D eigenvalue weighted by Gasteiger charge is -2.14. The van der Waals surface area contributed by atoms with Crippen LogP contribution in [0.4, 0.5) is 4.79 Å². The molecule has 2 rings (SSSR count). The Hall–Kier alpha value is -1.79. The SMILES string of the molecule is CCC(C)C(=O)NCCN1C(=O)S/C(=C/c2ccc(Cl)cc2)C1=O. The highest BCUT2D eigenvalue weighted by Gasteiger charge is 2.34. The van der Waals surface area contributed by atoms with Gasteiger partial charge in [0.1, 0.15) is 0 Å². The average molecular weight is 367 g/mol. The Morgan fingerprint density at radius 2 is 2.00 bits per heavy atom. The van der Waals surface area contributed by atoms with E-state index in [0.717, 1.165) is 28.6 Å². The van der Waals surface area contributed by atoms with Gasteiger partial charge < -0.3 is 5.32 Å². The van der Waals surface area contributed by atoms with Gasteiger partial charge in [0.05, 0.1) is 4.91 Å². The third kappa shape index (κ3) is 4.61. The van der Waals surface area contributed by atoms with Crippen molar-refractivity contribution in [3.05, 3.63) is 39.8 Å². The molecule has 1 atom stereocenters. The molecule has 1 aliphatic heterocycles. The summed E-state index contributed by atoms with van der Waals surface area (Å²) >= 11 is 6.73. The summed E-state index contributed by atoms with van der Waals surface area (Å²) in [5.41, 5.74) is 0.801. The summed E-state index contributed by atoms with van der Waals surface area (Å²) in [6, 6.07) is 7.01. The first kappa shape index (κ1) is 18.5. The van der Waals surface area contributed by atoms with E-state index in [1.54, 1.807) is 30.3 Å². The normalized spacial score (nSPS) is 17.5. The number of carbonyl (C=O) groups excluding carboxylic acids is 3. The largest absolute Gasteiger partial charge is 0.354 e. The zero-order chi connectivity index (χ0) is 17.7. The molecule has 1 saturated heterocycles. The second-order valence-corrected chi connectivity index (χ2v) is 6.91. The summed E-state index contributed by atoms with van der Waals surface area (Å²) in [5.74, 6) is -0.483. The van der Waals surface area contributed by atoms with Crippen LogP contribution in [0.3, 0.4) is 0 Å². The van der Waals surface area contributed by atoms with Crippen molar-refractivity contribution < 1.29 is 14.4 Å². The van der Waals surface area contributed by atoms with Crippen LogP contribution in [0.15, 0.2) is 29.2 Å². The maximum atomic E-state index is 12.3. The Kier molecular flexibility index (Phi) is 6.45. The minimum atomic E-state index is -0.335. The topological polar surface area (TPSA) is 66.5 Å². The van der Waals surface area contributed by atoms with Crippen LogP contribution < -0.4 is 5.32 Å². The summed E-state index contributed by atoms with van der Waals surface area (Å²) in [4.78, 5) is 37.6. The highest BCUT2D eigenvalue weighted by atomic mass is 35.5. The van der Waals surface area contributed by atoms with Gasteiger partial charge in [-0.1, -0.05) is 37.6 Å².